The number of carbonyl (C=O) groups excluding carboxylic acids is 4. The number of ether oxygens (including phenoxy) is 2. The SMILES string of the molecule is CC(=O)N[C@H](COC(=O)/C=C/C(=O)OC[C@@H](NC(N)=O)C(C)C)C(C)C. The second-order valence-corrected chi connectivity index (χ2v) is 6.50. The highest BCUT2D eigenvalue weighted by atomic mass is 16.5. The number of esters is 2. The lowest BCUT2D eigenvalue weighted by Gasteiger charge is -2.21. The van der Waals surface area contributed by atoms with Gasteiger partial charge in [-0.2, -0.15) is 0 Å². The maximum Gasteiger partial charge on any atom is 0.331 e. The van der Waals surface area contributed by atoms with Gasteiger partial charge in [-0.25, -0.2) is 14.4 Å². The second-order valence-electron chi connectivity index (χ2n) is 6.50. The van der Waals surface area contributed by atoms with Gasteiger partial charge < -0.3 is 25.8 Å². The van der Waals surface area contributed by atoms with Crippen LogP contribution in [0.4, 0.5) is 4.79 Å². The van der Waals surface area contributed by atoms with Crippen molar-refractivity contribution < 1.29 is 28.7 Å². The van der Waals surface area contributed by atoms with Crippen LogP contribution < -0.4 is 16.4 Å². The highest BCUT2D eigenvalue weighted by Gasteiger charge is 2.17. The Labute approximate surface area is 153 Å². The van der Waals surface area contributed by atoms with E-state index in [1.807, 2.05) is 27.7 Å². The molecule has 26 heavy (non-hydrogen) atoms. The number of carbonyl (C=O) groups is 4. The summed E-state index contributed by atoms with van der Waals surface area (Å²) in [6.07, 6.45) is 1.88. The highest BCUT2D eigenvalue weighted by molar-refractivity contribution is 5.91. The standard InChI is InChI=1S/C17H29N3O6/c1-10(2)13(19-12(5)21)8-25-15(22)6-7-16(23)26-9-14(11(3)4)20-17(18)24/h6-7,10-11,13-14H,8-9H2,1-5H3,(H,19,21)(H3,18,20,24)/b7-6+/t13-,14-/m1/s1. The number of amides is 3. The van der Waals surface area contributed by atoms with Crippen LogP contribution in [0.1, 0.15) is 34.6 Å². The third-order valence-electron chi connectivity index (χ3n) is 3.49. The number of urea groups is 1. The van der Waals surface area contributed by atoms with Crippen LogP contribution in [-0.4, -0.2) is 49.2 Å². The first-order valence-electron chi connectivity index (χ1n) is 8.37. The van der Waals surface area contributed by atoms with Gasteiger partial charge in [0.2, 0.25) is 5.91 Å². The van der Waals surface area contributed by atoms with Gasteiger partial charge in [0.15, 0.2) is 0 Å². The van der Waals surface area contributed by atoms with Crippen LogP contribution in [0.2, 0.25) is 0 Å². The predicted octanol–water partition coefficient (Wildman–Crippen LogP) is 0.483. The molecule has 9 heteroatoms. The van der Waals surface area contributed by atoms with E-state index >= 15 is 0 Å². The maximum atomic E-state index is 11.6. The summed E-state index contributed by atoms with van der Waals surface area (Å²) in [5.74, 6) is -1.62. The Morgan fingerprint density at radius 1 is 0.846 bits per heavy atom. The molecule has 9 nitrogen and oxygen atoms in total. The van der Waals surface area contributed by atoms with E-state index in [4.69, 9.17) is 15.2 Å². The Kier molecular flexibility index (Phi) is 10.7. The van der Waals surface area contributed by atoms with Crippen LogP contribution in [0.25, 0.3) is 0 Å². The zero-order chi connectivity index (χ0) is 20.3. The number of hydrogen-bond donors (Lipinski definition) is 3. The lowest BCUT2D eigenvalue weighted by Crippen LogP contribution is -2.44. The van der Waals surface area contributed by atoms with Gasteiger partial charge in [0, 0.05) is 19.1 Å². The van der Waals surface area contributed by atoms with Gasteiger partial charge in [-0.3, -0.25) is 4.79 Å². The van der Waals surface area contributed by atoms with Crippen molar-refractivity contribution in [3.8, 4) is 0 Å². The topological polar surface area (TPSA) is 137 Å². The molecule has 0 aromatic heterocycles. The summed E-state index contributed by atoms with van der Waals surface area (Å²) in [7, 11) is 0. The molecule has 0 radical (unpaired) electrons. The molecule has 0 aromatic rings. The molecule has 148 valence electrons. The molecule has 0 aromatic carbocycles. The van der Waals surface area contributed by atoms with Gasteiger partial charge in [0.05, 0.1) is 12.1 Å². The van der Waals surface area contributed by atoms with E-state index < -0.39 is 24.0 Å². The number of rotatable bonds is 10. The first kappa shape index (κ1) is 23.4. The minimum absolute atomic E-state index is 0.00554. The molecule has 0 heterocycles. The van der Waals surface area contributed by atoms with Crippen LogP contribution in [0.3, 0.4) is 0 Å². The van der Waals surface area contributed by atoms with Crippen molar-refractivity contribution in [3.05, 3.63) is 12.2 Å². The van der Waals surface area contributed by atoms with E-state index in [0.29, 0.717) is 0 Å². The summed E-state index contributed by atoms with van der Waals surface area (Å²) in [6, 6.07) is -1.46. The molecule has 0 saturated carbocycles. The Morgan fingerprint density at radius 2 is 1.23 bits per heavy atom. The van der Waals surface area contributed by atoms with Crippen molar-refractivity contribution in [2.24, 2.45) is 17.6 Å². The third kappa shape index (κ3) is 11.1. The molecule has 0 rings (SSSR count). The van der Waals surface area contributed by atoms with Crippen molar-refractivity contribution in [1.29, 1.82) is 0 Å². The summed E-state index contributed by atoms with van der Waals surface area (Å²) in [5.41, 5.74) is 5.05. The van der Waals surface area contributed by atoms with Crippen LogP contribution in [-0.2, 0) is 23.9 Å². The molecule has 2 atom stereocenters. The number of nitrogens with one attached hydrogen (secondary N) is 2. The van der Waals surface area contributed by atoms with Crippen LogP contribution in [0.5, 0.6) is 0 Å². The average molecular weight is 371 g/mol. The number of nitrogens with two attached hydrogens (primary N) is 1. The predicted molar refractivity (Wildman–Crippen MR) is 94.8 cm³/mol. The highest BCUT2D eigenvalue weighted by Crippen LogP contribution is 2.04. The number of hydrogen-bond acceptors (Lipinski definition) is 6. The molecule has 4 N–H and O–H groups in total. The minimum atomic E-state index is -0.749. The van der Waals surface area contributed by atoms with Crippen LogP contribution in [0, 0.1) is 11.8 Å². The lowest BCUT2D eigenvalue weighted by atomic mass is 10.1. The smallest absolute Gasteiger partial charge is 0.331 e. The van der Waals surface area contributed by atoms with Gasteiger partial charge in [-0.05, 0) is 11.8 Å². The Bertz CT molecular complexity index is 485. The summed E-state index contributed by atoms with van der Waals surface area (Å²) >= 11 is 0. The van der Waals surface area contributed by atoms with Crippen LogP contribution >= 0.6 is 0 Å². The normalized spacial score (nSPS) is 13.3. The van der Waals surface area contributed by atoms with E-state index in [-0.39, 0.29) is 37.0 Å². The zero-order valence-electron chi connectivity index (χ0n) is 15.9. The lowest BCUT2D eigenvalue weighted by molar-refractivity contribution is -0.141. The minimum Gasteiger partial charge on any atom is -0.460 e. The van der Waals surface area contributed by atoms with E-state index in [1.165, 1.54) is 6.92 Å². The molecule has 0 aliphatic carbocycles. The Balaban J connectivity index is 4.39. The Morgan fingerprint density at radius 3 is 1.54 bits per heavy atom. The largest absolute Gasteiger partial charge is 0.460 e. The molecule has 0 spiro atoms. The third-order valence-corrected chi connectivity index (χ3v) is 3.49. The molecule has 0 saturated heterocycles. The van der Waals surface area contributed by atoms with Crippen molar-refractivity contribution in [1.82, 2.24) is 10.6 Å². The molecule has 0 fully saturated rings. The first-order valence-corrected chi connectivity index (χ1v) is 8.37. The molecule has 3 amide bonds. The van der Waals surface area contributed by atoms with Gasteiger partial charge in [-0.15, -0.1) is 0 Å². The molecule has 0 unspecified atom stereocenters. The van der Waals surface area contributed by atoms with Crippen molar-refractivity contribution >= 4 is 23.9 Å². The molecular weight excluding hydrogens is 342 g/mol. The van der Waals surface area contributed by atoms with E-state index in [9.17, 15) is 19.2 Å². The molecular formula is C17H29N3O6. The van der Waals surface area contributed by atoms with Crippen molar-refractivity contribution in [3.63, 3.8) is 0 Å². The summed E-state index contributed by atoms with van der Waals surface area (Å²) in [6.45, 7) is 8.73. The fraction of sp³-hybridized carbons (Fsp3) is 0.647. The van der Waals surface area contributed by atoms with E-state index in [2.05, 4.69) is 10.6 Å². The van der Waals surface area contributed by atoms with Crippen LogP contribution in [0.15, 0.2) is 12.2 Å². The Hall–Kier alpha value is -2.58. The van der Waals surface area contributed by atoms with Gasteiger partial charge in [-0.1, -0.05) is 27.7 Å². The average Bonchev–Trinajstić information content (AvgIpc) is 2.52. The number of primary amides is 1. The molecule has 0 aliphatic heterocycles. The van der Waals surface area contributed by atoms with Crippen molar-refractivity contribution in [2.75, 3.05) is 13.2 Å². The fourth-order valence-corrected chi connectivity index (χ4v) is 1.82. The summed E-state index contributed by atoms with van der Waals surface area (Å²) < 4.78 is 9.98. The quantitative estimate of drug-likeness (QED) is 0.377. The maximum absolute atomic E-state index is 11.6. The molecule has 0 bridgehead atoms. The first-order chi connectivity index (χ1) is 12.0. The van der Waals surface area contributed by atoms with Gasteiger partial charge in [0.1, 0.15) is 13.2 Å². The monoisotopic (exact) mass is 371 g/mol. The van der Waals surface area contributed by atoms with Gasteiger partial charge >= 0.3 is 18.0 Å². The summed E-state index contributed by atoms with van der Waals surface area (Å²) in [5, 5.41) is 5.15. The van der Waals surface area contributed by atoms with Crippen molar-refractivity contribution in [2.45, 2.75) is 46.7 Å². The summed E-state index contributed by atoms with van der Waals surface area (Å²) in [4.78, 5) is 45.3. The van der Waals surface area contributed by atoms with E-state index in [0.717, 1.165) is 12.2 Å². The fourth-order valence-electron chi connectivity index (χ4n) is 1.82. The second kappa shape index (κ2) is 11.9. The van der Waals surface area contributed by atoms with Gasteiger partial charge in [0.25, 0.3) is 0 Å². The zero-order valence-corrected chi connectivity index (χ0v) is 15.9. The van der Waals surface area contributed by atoms with E-state index in [1.54, 1.807) is 0 Å². The molecule has 0 aliphatic rings.